The average molecular weight is 300 g/mol. The van der Waals surface area contributed by atoms with Gasteiger partial charge < -0.3 is 15.2 Å². The second kappa shape index (κ2) is 5.60. The van der Waals surface area contributed by atoms with E-state index in [1.54, 1.807) is 6.07 Å². The van der Waals surface area contributed by atoms with Gasteiger partial charge in [-0.1, -0.05) is 17.7 Å². The molecule has 2 aliphatic heterocycles. The second-order valence-electron chi connectivity index (χ2n) is 5.78. The number of benzene rings is 1. The smallest absolute Gasteiger partial charge is 0.124 e. The van der Waals surface area contributed by atoms with Gasteiger partial charge in [0.25, 0.3) is 0 Å². The van der Waals surface area contributed by atoms with Gasteiger partial charge >= 0.3 is 0 Å². The molecule has 2 aliphatic rings. The summed E-state index contributed by atoms with van der Waals surface area (Å²) in [6, 6.07) is 4.24. The molecule has 110 valence electrons. The summed E-state index contributed by atoms with van der Waals surface area (Å²) >= 11 is 6.12. The van der Waals surface area contributed by atoms with Gasteiger partial charge in [0, 0.05) is 30.7 Å². The molecule has 0 bridgehead atoms. The lowest BCUT2D eigenvalue weighted by atomic mass is 9.79. The molecule has 2 N–H and O–H groups in total. The minimum absolute atomic E-state index is 0.174. The highest BCUT2D eigenvalue weighted by molar-refractivity contribution is 6.31. The van der Waals surface area contributed by atoms with Crippen LogP contribution in [0, 0.1) is 11.7 Å². The first-order valence-corrected chi connectivity index (χ1v) is 7.40. The number of rotatable bonds is 2. The SMILES string of the molecule is NC(c1ccc(F)cc1Cl)C1CCOC2(CCOC2)C1. The molecule has 1 aromatic carbocycles. The Balaban J connectivity index is 1.77. The number of hydrogen-bond donors (Lipinski definition) is 1. The molecule has 2 heterocycles. The van der Waals surface area contributed by atoms with Crippen LogP contribution in [0.15, 0.2) is 18.2 Å². The maximum atomic E-state index is 13.1. The highest BCUT2D eigenvalue weighted by Crippen LogP contribution is 2.41. The van der Waals surface area contributed by atoms with Crippen LogP contribution in [0.4, 0.5) is 4.39 Å². The van der Waals surface area contributed by atoms with Crippen LogP contribution in [0.3, 0.4) is 0 Å². The molecule has 5 heteroatoms. The normalized spacial score (nSPS) is 31.6. The number of halogens is 2. The molecule has 2 saturated heterocycles. The fourth-order valence-corrected chi connectivity index (χ4v) is 3.55. The van der Waals surface area contributed by atoms with E-state index in [1.807, 2.05) is 0 Å². The molecule has 1 aromatic rings. The lowest BCUT2D eigenvalue weighted by Crippen LogP contribution is -2.43. The predicted molar refractivity (Wildman–Crippen MR) is 75.2 cm³/mol. The summed E-state index contributed by atoms with van der Waals surface area (Å²) < 4.78 is 24.5. The Bertz CT molecular complexity index is 491. The standard InChI is InChI=1S/C15H19ClFNO2/c16-13-7-11(17)1-2-12(13)14(18)10-3-5-20-15(8-10)4-6-19-9-15/h1-2,7,10,14H,3-6,8-9,18H2. The maximum Gasteiger partial charge on any atom is 0.124 e. The molecule has 3 unspecified atom stereocenters. The third-order valence-corrected chi connectivity index (χ3v) is 4.76. The maximum absolute atomic E-state index is 13.1. The number of ether oxygens (including phenoxy) is 2. The van der Waals surface area contributed by atoms with Crippen molar-refractivity contribution in [2.45, 2.75) is 30.9 Å². The van der Waals surface area contributed by atoms with Crippen molar-refractivity contribution >= 4 is 11.6 Å². The van der Waals surface area contributed by atoms with Crippen LogP contribution in [0.25, 0.3) is 0 Å². The van der Waals surface area contributed by atoms with Crippen molar-refractivity contribution in [1.82, 2.24) is 0 Å². The topological polar surface area (TPSA) is 44.5 Å². The summed E-state index contributed by atoms with van der Waals surface area (Å²) in [6.07, 6.45) is 2.70. The van der Waals surface area contributed by atoms with Gasteiger partial charge in [0.05, 0.1) is 12.2 Å². The Labute approximate surface area is 123 Å². The molecule has 3 atom stereocenters. The van der Waals surface area contributed by atoms with E-state index in [-0.39, 0.29) is 23.4 Å². The molecule has 3 rings (SSSR count). The van der Waals surface area contributed by atoms with Crippen LogP contribution in [0.1, 0.15) is 30.9 Å². The van der Waals surface area contributed by atoms with Crippen LogP contribution in [0.5, 0.6) is 0 Å². The van der Waals surface area contributed by atoms with Crippen molar-refractivity contribution in [3.63, 3.8) is 0 Å². The number of hydrogen-bond acceptors (Lipinski definition) is 3. The van der Waals surface area contributed by atoms with E-state index in [0.717, 1.165) is 31.4 Å². The largest absolute Gasteiger partial charge is 0.378 e. The molecular formula is C15H19ClFNO2. The van der Waals surface area contributed by atoms with Crippen molar-refractivity contribution in [1.29, 1.82) is 0 Å². The van der Waals surface area contributed by atoms with Crippen molar-refractivity contribution in [2.75, 3.05) is 19.8 Å². The van der Waals surface area contributed by atoms with E-state index in [1.165, 1.54) is 12.1 Å². The van der Waals surface area contributed by atoms with Crippen LogP contribution in [-0.2, 0) is 9.47 Å². The summed E-state index contributed by atoms with van der Waals surface area (Å²) in [6.45, 7) is 2.09. The fourth-order valence-electron chi connectivity index (χ4n) is 3.26. The zero-order valence-electron chi connectivity index (χ0n) is 11.3. The van der Waals surface area contributed by atoms with E-state index in [4.69, 9.17) is 26.8 Å². The first-order valence-electron chi connectivity index (χ1n) is 7.02. The van der Waals surface area contributed by atoms with Crippen molar-refractivity contribution in [3.05, 3.63) is 34.6 Å². The van der Waals surface area contributed by atoms with Crippen molar-refractivity contribution in [3.8, 4) is 0 Å². The molecule has 1 spiro atoms. The molecule has 0 aliphatic carbocycles. The van der Waals surface area contributed by atoms with Gasteiger partial charge in [-0.25, -0.2) is 4.39 Å². The first-order chi connectivity index (χ1) is 9.60. The molecule has 0 aromatic heterocycles. The lowest BCUT2D eigenvalue weighted by molar-refractivity contribution is -0.101. The van der Waals surface area contributed by atoms with Gasteiger partial charge in [-0.15, -0.1) is 0 Å². The highest BCUT2D eigenvalue weighted by atomic mass is 35.5. The number of nitrogens with two attached hydrogens (primary N) is 1. The van der Waals surface area contributed by atoms with Gasteiger partial charge in [0.15, 0.2) is 0 Å². The predicted octanol–water partition coefficient (Wildman–Crippen LogP) is 3.06. The van der Waals surface area contributed by atoms with Gasteiger partial charge in [0.2, 0.25) is 0 Å². The van der Waals surface area contributed by atoms with E-state index < -0.39 is 0 Å². The Morgan fingerprint density at radius 2 is 2.25 bits per heavy atom. The van der Waals surface area contributed by atoms with Crippen molar-refractivity contribution < 1.29 is 13.9 Å². The second-order valence-corrected chi connectivity index (χ2v) is 6.19. The average Bonchev–Trinajstić information content (AvgIpc) is 2.86. The minimum Gasteiger partial charge on any atom is -0.378 e. The van der Waals surface area contributed by atoms with Crippen LogP contribution in [0.2, 0.25) is 5.02 Å². The summed E-state index contributed by atoms with van der Waals surface area (Å²) in [5.41, 5.74) is 7.01. The molecule has 20 heavy (non-hydrogen) atoms. The van der Waals surface area contributed by atoms with E-state index in [0.29, 0.717) is 18.2 Å². The van der Waals surface area contributed by atoms with Crippen LogP contribution < -0.4 is 5.73 Å². The Hall–Kier alpha value is -0.680. The molecule has 0 amide bonds. The van der Waals surface area contributed by atoms with Crippen LogP contribution >= 0.6 is 11.6 Å². The zero-order chi connectivity index (χ0) is 14.2. The van der Waals surface area contributed by atoms with E-state index in [9.17, 15) is 4.39 Å². The Morgan fingerprint density at radius 1 is 1.40 bits per heavy atom. The quantitative estimate of drug-likeness (QED) is 0.913. The summed E-state index contributed by atoms with van der Waals surface area (Å²) in [4.78, 5) is 0. The van der Waals surface area contributed by atoms with Crippen LogP contribution in [-0.4, -0.2) is 25.4 Å². The molecule has 0 saturated carbocycles. The summed E-state index contributed by atoms with van der Waals surface area (Å²) in [7, 11) is 0. The highest BCUT2D eigenvalue weighted by Gasteiger charge is 2.42. The van der Waals surface area contributed by atoms with Gasteiger partial charge in [-0.2, -0.15) is 0 Å². The Morgan fingerprint density at radius 3 is 2.95 bits per heavy atom. The zero-order valence-corrected chi connectivity index (χ0v) is 12.0. The Kier molecular flexibility index (Phi) is 4.00. The minimum atomic E-state index is -0.335. The monoisotopic (exact) mass is 299 g/mol. The fraction of sp³-hybridized carbons (Fsp3) is 0.600. The van der Waals surface area contributed by atoms with Gasteiger partial charge in [-0.3, -0.25) is 0 Å². The van der Waals surface area contributed by atoms with E-state index in [2.05, 4.69) is 0 Å². The summed E-state index contributed by atoms with van der Waals surface area (Å²) in [5.74, 6) is -0.0491. The summed E-state index contributed by atoms with van der Waals surface area (Å²) in [5, 5.41) is 0.403. The third kappa shape index (κ3) is 2.70. The van der Waals surface area contributed by atoms with Gasteiger partial charge in [-0.05, 0) is 36.5 Å². The van der Waals surface area contributed by atoms with E-state index >= 15 is 0 Å². The molecule has 0 radical (unpaired) electrons. The molecule has 2 fully saturated rings. The van der Waals surface area contributed by atoms with Crippen molar-refractivity contribution in [2.24, 2.45) is 11.7 Å². The molecule has 3 nitrogen and oxygen atoms in total. The first kappa shape index (κ1) is 14.3. The third-order valence-electron chi connectivity index (χ3n) is 4.43. The lowest BCUT2D eigenvalue weighted by Gasteiger charge is -2.39. The van der Waals surface area contributed by atoms with Gasteiger partial charge in [0.1, 0.15) is 5.82 Å². The molecular weight excluding hydrogens is 281 g/mol.